The molecule has 5 nitrogen and oxygen atoms in total. The average molecular weight is 265 g/mol. The van der Waals surface area contributed by atoms with Gasteiger partial charge >= 0.3 is 5.97 Å². The Labute approximate surface area is 108 Å². The smallest absolute Gasteiger partial charge is 0.374 e. The first-order valence-corrected chi connectivity index (χ1v) is 6.30. The van der Waals surface area contributed by atoms with Crippen molar-refractivity contribution < 1.29 is 19.2 Å². The normalized spacial score (nSPS) is 10.3. The van der Waals surface area contributed by atoms with Gasteiger partial charge in [-0.15, -0.1) is 11.8 Å². The molecule has 1 heterocycles. The van der Waals surface area contributed by atoms with Crippen LogP contribution in [0.25, 0.3) is 11.3 Å². The van der Waals surface area contributed by atoms with Gasteiger partial charge in [-0.3, -0.25) is 0 Å². The predicted octanol–water partition coefficient (Wildman–Crippen LogP) is 2.77. The van der Waals surface area contributed by atoms with Crippen LogP contribution in [-0.4, -0.2) is 29.6 Å². The number of nitrogens with zero attached hydrogens (tertiary/aromatic N) is 1. The molecule has 0 bridgehead atoms. The van der Waals surface area contributed by atoms with Gasteiger partial charge in [-0.1, -0.05) is 5.16 Å². The highest BCUT2D eigenvalue weighted by Gasteiger charge is 2.15. The van der Waals surface area contributed by atoms with Gasteiger partial charge in [0, 0.05) is 16.5 Å². The molecule has 2 rings (SSSR count). The summed E-state index contributed by atoms with van der Waals surface area (Å²) in [5.74, 6) is -0.714. The molecule has 0 atom stereocenters. The van der Waals surface area contributed by atoms with E-state index in [-0.39, 0.29) is 5.76 Å². The summed E-state index contributed by atoms with van der Waals surface area (Å²) in [6.07, 6.45) is 1.96. The average Bonchev–Trinajstić information content (AvgIpc) is 2.87. The molecule has 1 aromatic heterocycles. The largest absolute Gasteiger partial charge is 0.496 e. The second kappa shape index (κ2) is 5.14. The number of carboxylic acid groups (broad SMARTS) is 1. The van der Waals surface area contributed by atoms with E-state index < -0.39 is 5.97 Å². The number of hydrogen-bond acceptors (Lipinski definition) is 5. The molecule has 0 amide bonds. The van der Waals surface area contributed by atoms with Crippen LogP contribution in [-0.2, 0) is 0 Å². The maximum atomic E-state index is 10.8. The fraction of sp³-hybridized carbons (Fsp3) is 0.167. The molecule has 0 unspecified atom stereocenters. The van der Waals surface area contributed by atoms with Crippen molar-refractivity contribution in [1.29, 1.82) is 0 Å². The number of thioether (sulfide) groups is 1. The van der Waals surface area contributed by atoms with E-state index in [0.717, 1.165) is 4.90 Å². The monoisotopic (exact) mass is 265 g/mol. The van der Waals surface area contributed by atoms with Gasteiger partial charge in [-0.2, -0.15) is 0 Å². The van der Waals surface area contributed by atoms with Crippen LogP contribution >= 0.6 is 11.8 Å². The van der Waals surface area contributed by atoms with E-state index >= 15 is 0 Å². The number of aromatic nitrogens is 1. The zero-order valence-corrected chi connectivity index (χ0v) is 10.7. The lowest BCUT2D eigenvalue weighted by Gasteiger charge is -2.07. The summed E-state index contributed by atoms with van der Waals surface area (Å²) in [5, 5.41) is 12.5. The van der Waals surface area contributed by atoms with Crippen molar-refractivity contribution in [3.8, 4) is 17.0 Å². The van der Waals surface area contributed by atoms with Crippen LogP contribution in [0.4, 0.5) is 0 Å². The Bertz CT molecular complexity index is 579. The number of hydrogen-bond donors (Lipinski definition) is 1. The molecule has 0 radical (unpaired) electrons. The lowest BCUT2D eigenvalue weighted by Crippen LogP contribution is -1.92. The number of carboxylic acids is 1. The summed E-state index contributed by atoms with van der Waals surface area (Å²) < 4.78 is 9.97. The quantitative estimate of drug-likeness (QED) is 0.857. The number of carbonyl (C=O) groups is 1. The van der Waals surface area contributed by atoms with E-state index in [2.05, 4.69) is 5.16 Å². The number of aromatic carboxylic acids is 1. The van der Waals surface area contributed by atoms with Crippen LogP contribution in [0.1, 0.15) is 10.6 Å². The van der Waals surface area contributed by atoms with E-state index in [4.69, 9.17) is 14.4 Å². The van der Waals surface area contributed by atoms with Gasteiger partial charge in [0.05, 0.1) is 7.11 Å². The number of rotatable bonds is 4. The minimum absolute atomic E-state index is 0.193. The lowest BCUT2D eigenvalue weighted by atomic mass is 10.1. The zero-order chi connectivity index (χ0) is 13.1. The summed E-state index contributed by atoms with van der Waals surface area (Å²) in [7, 11) is 1.55. The van der Waals surface area contributed by atoms with Gasteiger partial charge in [0.1, 0.15) is 11.4 Å². The van der Waals surface area contributed by atoms with Crippen LogP contribution in [0.2, 0.25) is 0 Å². The van der Waals surface area contributed by atoms with E-state index in [1.807, 2.05) is 24.5 Å². The van der Waals surface area contributed by atoms with E-state index in [1.54, 1.807) is 18.9 Å². The second-order valence-electron chi connectivity index (χ2n) is 3.45. The first kappa shape index (κ1) is 12.5. The maximum Gasteiger partial charge on any atom is 0.374 e. The van der Waals surface area contributed by atoms with Crippen molar-refractivity contribution >= 4 is 17.7 Å². The molecule has 0 saturated carbocycles. The second-order valence-corrected chi connectivity index (χ2v) is 4.33. The van der Waals surface area contributed by atoms with E-state index in [0.29, 0.717) is 17.0 Å². The molecule has 0 aliphatic heterocycles. The van der Waals surface area contributed by atoms with Crippen molar-refractivity contribution in [3.05, 3.63) is 30.0 Å². The van der Waals surface area contributed by atoms with E-state index in [9.17, 15) is 4.79 Å². The first-order valence-electron chi connectivity index (χ1n) is 5.08. The molecule has 18 heavy (non-hydrogen) atoms. The first-order chi connectivity index (χ1) is 8.65. The topological polar surface area (TPSA) is 72.6 Å². The van der Waals surface area contributed by atoms with Gasteiger partial charge in [0.2, 0.25) is 5.76 Å². The molecule has 0 aliphatic rings. The Morgan fingerprint density at radius 2 is 2.22 bits per heavy atom. The van der Waals surface area contributed by atoms with Crippen LogP contribution in [0.3, 0.4) is 0 Å². The molecule has 6 heteroatoms. The Kier molecular flexibility index (Phi) is 3.57. The third-order valence-corrected chi connectivity index (χ3v) is 3.13. The standard InChI is InChI=1S/C12H11NO4S/c1-16-10-4-3-7(18-2)5-8(10)9-6-11(12(14)15)17-13-9/h3-6H,1-2H3,(H,14,15). The Morgan fingerprint density at radius 3 is 2.78 bits per heavy atom. The van der Waals surface area contributed by atoms with Crippen LogP contribution < -0.4 is 4.74 Å². The fourth-order valence-corrected chi connectivity index (χ4v) is 1.96. The van der Waals surface area contributed by atoms with Crippen LogP contribution in [0.15, 0.2) is 33.7 Å². The lowest BCUT2D eigenvalue weighted by molar-refractivity contribution is 0.0652. The maximum absolute atomic E-state index is 10.8. The summed E-state index contributed by atoms with van der Waals surface area (Å²) in [6.45, 7) is 0. The third-order valence-electron chi connectivity index (χ3n) is 2.40. The Morgan fingerprint density at radius 1 is 1.44 bits per heavy atom. The summed E-state index contributed by atoms with van der Waals surface area (Å²) in [6, 6.07) is 7.00. The molecule has 94 valence electrons. The highest BCUT2D eigenvalue weighted by Crippen LogP contribution is 2.32. The van der Waals surface area contributed by atoms with Crippen molar-refractivity contribution in [1.82, 2.24) is 5.16 Å². The number of ether oxygens (including phenoxy) is 1. The van der Waals surface area contributed by atoms with Gasteiger partial charge < -0.3 is 14.4 Å². The van der Waals surface area contributed by atoms with Gasteiger partial charge in [-0.25, -0.2) is 4.79 Å². The van der Waals surface area contributed by atoms with Gasteiger partial charge in [-0.05, 0) is 24.5 Å². The zero-order valence-electron chi connectivity index (χ0n) is 9.84. The Hall–Kier alpha value is -1.95. The van der Waals surface area contributed by atoms with Crippen molar-refractivity contribution in [2.75, 3.05) is 13.4 Å². The summed E-state index contributed by atoms with van der Waals surface area (Å²) in [5.41, 5.74) is 1.15. The van der Waals surface area contributed by atoms with Crippen LogP contribution in [0, 0.1) is 0 Å². The highest BCUT2D eigenvalue weighted by atomic mass is 32.2. The van der Waals surface area contributed by atoms with Crippen LogP contribution in [0.5, 0.6) is 5.75 Å². The van der Waals surface area contributed by atoms with Crippen molar-refractivity contribution in [3.63, 3.8) is 0 Å². The molecule has 0 spiro atoms. The molecule has 0 saturated heterocycles. The fourth-order valence-electron chi connectivity index (χ4n) is 1.52. The Balaban J connectivity index is 2.50. The van der Waals surface area contributed by atoms with Crippen molar-refractivity contribution in [2.24, 2.45) is 0 Å². The molecule has 1 aromatic carbocycles. The summed E-state index contributed by atoms with van der Waals surface area (Å²) in [4.78, 5) is 11.8. The molecule has 2 aromatic rings. The molecular weight excluding hydrogens is 254 g/mol. The van der Waals surface area contributed by atoms with Gasteiger partial charge in [0.25, 0.3) is 0 Å². The molecule has 1 N–H and O–H groups in total. The highest BCUT2D eigenvalue weighted by molar-refractivity contribution is 7.98. The number of benzene rings is 1. The summed E-state index contributed by atoms with van der Waals surface area (Å²) >= 11 is 1.58. The third kappa shape index (κ3) is 2.33. The minimum Gasteiger partial charge on any atom is -0.496 e. The van der Waals surface area contributed by atoms with Gasteiger partial charge in [0.15, 0.2) is 0 Å². The van der Waals surface area contributed by atoms with Crippen molar-refractivity contribution in [2.45, 2.75) is 4.90 Å². The predicted molar refractivity (Wildman–Crippen MR) is 67.2 cm³/mol. The molecular formula is C12H11NO4S. The van der Waals surface area contributed by atoms with E-state index in [1.165, 1.54) is 6.07 Å². The number of methoxy groups -OCH3 is 1. The molecule has 0 fully saturated rings. The minimum atomic E-state index is -1.14. The molecule has 0 aliphatic carbocycles. The SMILES string of the molecule is COc1ccc(SC)cc1-c1cc(C(=O)O)on1.